The number of aryl methyl sites for hydroxylation is 2. The van der Waals surface area contributed by atoms with Gasteiger partial charge in [0.1, 0.15) is 17.2 Å². The summed E-state index contributed by atoms with van der Waals surface area (Å²) in [5, 5.41) is 0.865. The summed E-state index contributed by atoms with van der Waals surface area (Å²) in [6, 6.07) is 9.32. The van der Waals surface area contributed by atoms with Crippen molar-refractivity contribution in [3.05, 3.63) is 63.6 Å². The van der Waals surface area contributed by atoms with Crippen molar-refractivity contribution < 1.29 is 13.9 Å². The molecule has 2 aromatic heterocycles. The standard InChI is InChI=1S/C24H27N3O4/c1-15-6-5-9-25-22(15)26-10-12-27(13-11-26)23(28)18(4)30-19-7-8-20-16(2)17(3)24(29)31-21(20)14-19/h5-9,14,18H,10-13H2,1-4H3. The highest BCUT2D eigenvalue weighted by atomic mass is 16.5. The number of benzene rings is 1. The van der Waals surface area contributed by atoms with Gasteiger partial charge in [0, 0.05) is 49.4 Å². The van der Waals surface area contributed by atoms with Crippen LogP contribution in [0.25, 0.3) is 11.0 Å². The highest BCUT2D eigenvalue weighted by molar-refractivity contribution is 5.83. The molecule has 7 nitrogen and oxygen atoms in total. The van der Waals surface area contributed by atoms with Crippen LogP contribution in [0, 0.1) is 20.8 Å². The van der Waals surface area contributed by atoms with E-state index in [4.69, 9.17) is 9.15 Å². The van der Waals surface area contributed by atoms with Crippen LogP contribution in [0.15, 0.2) is 45.7 Å². The number of pyridine rings is 1. The molecule has 0 spiro atoms. The molecule has 1 aliphatic rings. The normalized spacial score (nSPS) is 15.2. The van der Waals surface area contributed by atoms with Gasteiger partial charge in [-0.1, -0.05) is 6.07 Å². The Morgan fingerprint density at radius 1 is 1.10 bits per heavy atom. The fourth-order valence-electron chi connectivity index (χ4n) is 3.96. The Morgan fingerprint density at radius 3 is 2.55 bits per heavy atom. The van der Waals surface area contributed by atoms with Crippen molar-refractivity contribution in [2.75, 3.05) is 31.1 Å². The van der Waals surface area contributed by atoms with Gasteiger partial charge in [-0.3, -0.25) is 4.79 Å². The average molecular weight is 421 g/mol. The lowest BCUT2D eigenvalue weighted by Gasteiger charge is -2.37. The van der Waals surface area contributed by atoms with Gasteiger partial charge in [0.2, 0.25) is 0 Å². The molecule has 1 amide bonds. The molecule has 3 aromatic rings. The number of fused-ring (bicyclic) bond motifs is 1. The van der Waals surface area contributed by atoms with Crippen molar-refractivity contribution in [1.82, 2.24) is 9.88 Å². The van der Waals surface area contributed by atoms with E-state index in [-0.39, 0.29) is 11.5 Å². The predicted molar refractivity (Wildman–Crippen MR) is 120 cm³/mol. The van der Waals surface area contributed by atoms with Crippen molar-refractivity contribution in [2.24, 2.45) is 0 Å². The van der Waals surface area contributed by atoms with Gasteiger partial charge in [-0.2, -0.15) is 0 Å². The Hall–Kier alpha value is -3.35. The van der Waals surface area contributed by atoms with Crippen LogP contribution >= 0.6 is 0 Å². The molecule has 0 bridgehead atoms. The van der Waals surface area contributed by atoms with Crippen LogP contribution in [0.4, 0.5) is 5.82 Å². The number of hydrogen-bond acceptors (Lipinski definition) is 6. The average Bonchev–Trinajstić information content (AvgIpc) is 2.77. The zero-order valence-electron chi connectivity index (χ0n) is 18.3. The summed E-state index contributed by atoms with van der Waals surface area (Å²) in [5.74, 6) is 1.42. The lowest BCUT2D eigenvalue weighted by molar-refractivity contribution is -0.138. The molecule has 1 unspecified atom stereocenters. The number of aromatic nitrogens is 1. The third-order valence-electron chi connectivity index (χ3n) is 5.96. The number of carbonyl (C=O) groups excluding carboxylic acids is 1. The van der Waals surface area contributed by atoms with Gasteiger partial charge in [-0.25, -0.2) is 9.78 Å². The number of piperazine rings is 1. The monoisotopic (exact) mass is 421 g/mol. The summed E-state index contributed by atoms with van der Waals surface area (Å²) in [6.07, 6.45) is 1.16. The molecule has 1 aliphatic heterocycles. The summed E-state index contributed by atoms with van der Waals surface area (Å²) < 4.78 is 11.3. The zero-order valence-corrected chi connectivity index (χ0v) is 18.3. The Labute approximate surface area is 181 Å². The smallest absolute Gasteiger partial charge is 0.339 e. The Kier molecular flexibility index (Phi) is 5.67. The Balaban J connectivity index is 1.42. The molecular weight excluding hydrogens is 394 g/mol. The van der Waals surface area contributed by atoms with Crippen molar-refractivity contribution in [3.63, 3.8) is 0 Å². The van der Waals surface area contributed by atoms with Gasteiger partial charge >= 0.3 is 5.63 Å². The molecule has 0 aliphatic carbocycles. The number of carbonyl (C=O) groups is 1. The lowest BCUT2D eigenvalue weighted by Crippen LogP contribution is -2.52. The van der Waals surface area contributed by atoms with E-state index in [1.807, 2.05) is 36.9 Å². The van der Waals surface area contributed by atoms with Crippen LogP contribution in [-0.2, 0) is 4.79 Å². The summed E-state index contributed by atoms with van der Waals surface area (Å²) in [7, 11) is 0. The van der Waals surface area contributed by atoms with Crippen molar-refractivity contribution >= 4 is 22.7 Å². The largest absolute Gasteiger partial charge is 0.481 e. The molecule has 1 atom stereocenters. The summed E-state index contributed by atoms with van der Waals surface area (Å²) >= 11 is 0. The number of hydrogen-bond donors (Lipinski definition) is 0. The van der Waals surface area contributed by atoms with E-state index in [9.17, 15) is 9.59 Å². The molecule has 1 aromatic carbocycles. The molecule has 1 saturated heterocycles. The van der Waals surface area contributed by atoms with Crippen LogP contribution in [-0.4, -0.2) is 48.1 Å². The van der Waals surface area contributed by atoms with E-state index in [0.717, 1.165) is 35.4 Å². The van der Waals surface area contributed by atoms with E-state index in [1.54, 1.807) is 32.2 Å². The van der Waals surface area contributed by atoms with Gasteiger partial charge in [0.05, 0.1) is 0 Å². The maximum atomic E-state index is 12.9. The minimum Gasteiger partial charge on any atom is -0.481 e. The van der Waals surface area contributed by atoms with Crippen LogP contribution in [0.3, 0.4) is 0 Å². The first-order valence-corrected chi connectivity index (χ1v) is 10.5. The number of nitrogens with zero attached hydrogens (tertiary/aromatic N) is 3. The quantitative estimate of drug-likeness (QED) is 0.602. The van der Waals surface area contributed by atoms with Crippen LogP contribution in [0.2, 0.25) is 0 Å². The van der Waals surface area contributed by atoms with Gasteiger partial charge in [-0.05, 0) is 57.0 Å². The number of anilines is 1. The first-order valence-electron chi connectivity index (χ1n) is 10.5. The molecule has 0 N–H and O–H groups in total. The molecule has 3 heterocycles. The second kappa shape index (κ2) is 8.41. The summed E-state index contributed by atoms with van der Waals surface area (Å²) in [4.78, 5) is 33.4. The van der Waals surface area contributed by atoms with Crippen molar-refractivity contribution in [3.8, 4) is 5.75 Å². The Morgan fingerprint density at radius 2 is 1.84 bits per heavy atom. The van der Waals surface area contributed by atoms with Crippen molar-refractivity contribution in [2.45, 2.75) is 33.8 Å². The topological polar surface area (TPSA) is 75.9 Å². The van der Waals surface area contributed by atoms with Crippen LogP contribution < -0.4 is 15.3 Å². The minimum absolute atomic E-state index is 0.0565. The molecule has 0 saturated carbocycles. The predicted octanol–water partition coefficient (Wildman–Crippen LogP) is 3.23. The number of rotatable bonds is 4. The van der Waals surface area contributed by atoms with Crippen LogP contribution in [0.1, 0.15) is 23.6 Å². The van der Waals surface area contributed by atoms with Gasteiger partial charge in [0.25, 0.3) is 5.91 Å². The first-order chi connectivity index (χ1) is 14.8. The summed E-state index contributed by atoms with van der Waals surface area (Å²) in [5.41, 5.74) is 2.73. The van der Waals surface area contributed by atoms with E-state index >= 15 is 0 Å². The Bertz CT molecular complexity index is 1180. The number of ether oxygens (including phenoxy) is 1. The maximum absolute atomic E-state index is 12.9. The second-order valence-corrected chi connectivity index (χ2v) is 8.01. The van der Waals surface area contributed by atoms with E-state index in [0.29, 0.717) is 30.0 Å². The van der Waals surface area contributed by atoms with Crippen molar-refractivity contribution in [1.29, 1.82) is 0 Å². The highest BCUT2D eigenvalue weighted by Gasteiger charge is 2.27. The van der Waals surface area contributed by atoms with Gasteiger partial charge < -0.3 is 19.0 Å². The fraction of sp³-hybridized carbons (Fsp3) is 0.375. The van der Waals surface area contributed by atoms with Gasteiger partial charge in [0.15, 0.2) is 6.10 Å². The molecule has 1 fully saturated rings. The minimum atomic E-state index is -0.640. The fourth-order valence-corrected chi connectivity index (χ4v) is 3.96. The third kappa shape index (κ3) is 4.13. The molecule has 7 heteroatoms. The molecule has 162 valence electrons. The zero-order chi connectivity index (χ0) is 22.1. The molecule has 31 heavy (non-hydrogen) atoms. The molecule has 4 rings (SSSR count). The van der Waals surface area contributed by atoms with E-state index in [2.05, 4.69) is 9.88 Å². The van der Waals surface area contributed by atoms with E-state index in [1.165, 1.54) is 0 Å². The van der Waals surface area contributed by atoms with E-state index < -0.39 is 6.10 Å². The second-order valence-electron chi connectivity index (χ2n) is 8.01. The lowest BCUT2D eigenvalue weighted by atomic mass is 10.1. The third-order valence-corrected chi connectivity index (χ3v) is 5.96. The molecular formula is C24H27N3O4. The number of amides is 1. The van der Waals surface area contributed by atoms with Crippen LogP contribution in [0.5, 0.6) is 5.75 Å². The maximum Gasteiger partial charge on any atom is 0.339 e. The summed E-state index contributed by atoms with van der Waals surface area (Å²) in [6.45, 7) is 10.1. The van der Waals surface area contributed by atoms with Gasteiger partial charge in [-0.15, -0.1) is 0 Å². The highest BCUT2D eigenvalue weighted by Crippen LogP contribution is 2.25. The molecule has 0 radical (unpaired) electrons. The SMILES string of the molecule is Cc1cccnc1N1CCN(C(=O)C(C)Oc2ccc3c(C)c(C)c(=O)oc3c2)CC1. The first kappa shape index (κ1) is 20.9.